The Balaban J connectivity index is 1.28. The van der Waals surface area contributed by atoms with Crippen molar-refractivity contribution in [2.75, 3.05) is 37.7 Å². The van der Waals surface area contributed by atoms with Gasteiger partial charge in [0, 0.05) is 32.1 Å². The van der Waals surface area contributed by atoms with Gasteiger partial charge in [-0.2, -0.15) is 0 Å². The Kier molecular flexibility index (Phi) is 6.12. The highest BCUT2D eigenvalue weighted by Crippen LogP contribution is 2.22. The van der Waals surface area contributed by atoms with E-state index in [0.717, 1.165) is 36.6 Å². The predicted molar refractivity (Wildman–Crippen MR) is 110 cm³/mol. The lowest BCUT2D eigenvalue weighted by atomic mass is 10.1. The molecule has 0 aliphatic carbocycles. The molecule has 1 amide bonds. The van der Waals surface area contributed by atoms with Gasteiger partial charge < -0.3 is 19.3 Å². The molecule has 1 atom stereocenters. The molecular formula is C22H28N4O3. The van der Waals surface area contributed by atoms with Crippen LogP contribution in [0.4, 0.5) is 5.82 Å². The Hall–Kier alpha value is -2.83. The van der Waals surface area contributed by atoms with E-state index in [9.17, 15) is 4.79 Å². The van der Waals surface area contributed by atoms with E-state index >= 15 is 0 Å². The summed E-state index contributed by atoms with van der Waals surface area (Å²) in [5.74, 6) is 2.20. The van der Waals surface area contributed by atoms with Crippen LogP contribution in [-0.2, 0) is 4.79 Å². The molecule has 1 aromatic heterocycles. The number of carbonyl (C=O) groups is 1. The van der Waals surface area contributed by atoms with Gasteiger partial charge in [0.25, 0.3) is 5.91 Å². The van der Waals surface area contributed by atoms with Crippen LogP contribution in [-0.4, -0.2) is 59.7 Å². The van der Waals surface area contributed by atoms with E-state index < -0.39 is 0 Å². The van der Waals surface area contributed by atoms with Crippen LogP contribution >= 0.6 is 0 Å². The molecular weight excluding hydrogens is 368 g/mol. The molecule has 2 aromatic rings. The summed E-state index contributed by atoms with van der Waals surface area (Å²) in [6.45, 7) is 5.33. The van der Waals surface area contributed by atoms with Crippen molar-refractivity contribution >= 4 is 11.7 Å². The molecule has 2 aliphatic rings. The number of carbonyl (C=O) groups excluding carboxylic acids is 1. The van der Waals surface area contributed by atoms with Crippen molar-refractivity contribution in [3.05, 3.63) is 42.2 Å². The molecule has 7 heteroatoms. The van der Waals surface area contributed by atoms with Crippen molar-refractivity contribution in [2.24, 2.45) is 0 Å². The fourth-order valence-corrected chi connectivity index (χ4v) is 3.85. The average Bonchev–Trinajstić information content (AvgIpc) is 3.21. The second kappa shape index (κ2) is 9.11. The highest BCUT2D eigenvalue weighted by Gasteiger charge is 2.28. The Morgan fingerprint density at radius 2 is 2.00 bits per heavy atom. The van der Waals surface area contributed by atoms with Crippen molar-refractivity contribution in [3.63, 3.8) is 0 Å². The van der Waals surface area contributed by atoms with Crippen LogP contribution in [0.15, 0.2) is 36.7 Å². The number of hydrogen-bond donors (Lipinski definition) is 0. The molecule has 154 valence electrons. The van der Waals surface area contributed by atoms with E-state index in [1.165, 1.54) is 19.3 Å². The summed E-state index contributed by atoms with van der Waals surface area (Å²) >= 11 is 0. The van der Waals surface area contributed by atoms with Gasteiger partial charge in [0.2, 0.25) is 5.88 Å². The van der Waals surface area contributed by atoms with E-state index in [4.69, 9.17) is 9.47 Å². The Bertz CT molecular complexity index is 838. The maximum absolute atomic E-state index is 12.5. The first-order valence-corrected chi connectivity index (χ1v) is 10.4. The molecule has 29 heavy (non-hydrogen) atoms. The molecule has 2 aliphatic heterocycles. The average molecular weight is 396 g/mol. The lowest BCUT2D eigenvalue weighted by molar-refractivity contribution is -0.132. The molecule has 3 heterocycles. The molecule has 0 N–H and O–H groups in total. The summed E-state index contributed by atoms with van der Waals surface area (Å²) < 4.78 is 11.7. The van der Waals surface area contributed by atoms with Crippen LogP contribution in [0.3, 0.4) is 0 Å². The highest BCUT2D eigenvalue weighted by molar-refractivity contribution is 5.78. The fraction of sp³-hybridized carbons (Fsp3) is 0.500. The first-order valence-electron chi connectivity index (χ1n) is 10.4. The normalized spacial score (nSPS) is 19.3. The Labute approximate surface area is 171 Å². The molecule has 4 rings (SSSR count). The number of ether oxygens (including phenoxy) is 2. The number of rotatable bonds is 6. The minimum absolute atomic E-state index is 0.0192. The first kappa shape index (κ1) is 19.5. The third-order valence-electron chi connectivity index (χ3n) is 5.44. The largest absolute Gasteiger partial charge is 0.484 e. The van der Waals surface area contributed by atoms with Crippen molar-refractivity contribution in [3.8, 4) is 11.6 Å². The van der Waals surface area contributed by atoms with Crippen molar-refractivity contribution in [2.45, 2.75) is 38.7 Å². The lowest BCUT2D eigenvalue weighted by Crippen LogP contribution is -2.34. The van der Waals surface area contributed by atoms with E-state index in [2.05, 4.69) is 14.9 Å². The zero-order valence-corrected chi connectivity index (χ0v) is 16.9. The maximum Gasteiger partial charge on any atom is 0.260 e. The topological polar surface area (TPSA) is 67.8 Å². The Morgan fingerprint density at radius 1 is 1.14 bits per heavy atom. The van der Waals surface area contributed by atoms with Gasteiger partial charge >= 0.3 is 0 Å². The fourth-order valence-electron chi connectivity index (χ4n) is 3.85. The summed E-state index contributed by atoms with van der Waals surface area (Å²) in [4.78, 5) is 25.2. The van der Waals surface area contributed by atoms with Crippen LogP contribution in [0.2, 0.25) is 0 Å². The lowest BCUT2D eigenvalue weighted by Gasteiger charge is -2.27. The first-order chi connectivity index (χ1) is 14.2. The molecule has 0 radical (unpaired) electrons. The molecule has 1 aromatic carbocycles. The monoisotopic (exact) mass is 396 g/mol. The van der Waals surface area contributed by atoms with Gasteiger partial charge in [-0.25, -0.2) is 9.97 Å². The second-order valence-corrected chi connectivity index (χ2v) is 7.74. The maximum atomic E-state index is 12.5. The van der Waals surface area contributed by atoms with E-state index in [0.29, 0.717) is 19.0 Å². The predicted octanol–water partition coefficient (Wildman–Crippen LogP) is 2.83. The SMILES string of the molecule is Cc1cccc(OCC(=O)N2CCC(Oc3cc(N4CCCCC4)ncn3)C2)c1. The van der Waals surface area contributed by atoms with Gasteiger partial charge in [-0.05, 0) is 43.9 Å². The van der Waals surface area contributed by atoms with Crippen molar-refractivity contribution in [1.29, 1.82) is 0 Å². The number of benzene rings is 1. The van der Waals surface area contributed by atoms with Crippen LogP contribution in [0, 0.1) is 6.92 Å². The molecule has 0 bridgehead atoms. The summed E-state index contributed by atoms with van der Waals surface area (Å²) in [5.41, 5.74) is 1.11. The van der Waals surface area contributed by atoms with Crippen LogP contribution in [0.5, 0.6) is 11.6 Å². The zero-order valence-electron chi connectivity index (χ0n) is 16.9. The van der Waals surface area contributed by atoms with Crippen molar-refractivity contribution in [1.82, 2.24) is 14.9 Å². The van der Waals surface area contributed by atoms with Gasteiger partial charge in [0.05, 0.1) is 6.54 Å². The van der Waals surface area contributed by atoms with Gasteiger partial charge in [-0.15, -0.1) is 0 Å². The van der Waals surface area contributed by atoms with E-state index in [1.807, 2.05) is 37.3 Å². The molecule has 2 fully saturated rings. The number of piperidine rings is 1. The van der Waals surface area contributed by atoms with Crippen LogP contribution in [0.25, 0.3) is 0 Å². The Morgan fingerprint density at radius 3 is 2.83 bits per heavy atom. The van der Waals surface area contributed by atoms with E-state index in [-0.39, 0.29) is 18.6 Å². The van der Waals surface area contributed by atoms with Gasteiger partial charge in [-0.3, -0.25) is 4.79 Å². The molecule has 2 saturated heterocycles. The number of nitrogens with zero attached hydrogens (tertiary/aromatic N) is 4. The standard InChI is InChI=1S/C22H28N4O3/c1-17-6-5-7-18(12-17)28-15-22(27)26-11-8-19(14-26)29-21-13-20(23-16-24-21)25-9-3-2-4-10-25/h5-7,12-13,16,19H,2-4,8-11,14-15H2,1H3. The van der Waals surface area contributed by atoms with E-state index in [1.54, 1.807) is 11.2 Å². The van der Waals surface area contributed by atoms with Gasteiger partial charge in [0.15, 0.2) is 6.61 Å². The van der Waals surface area contributed by atoms with Gasteiger partial charge in [-0.1, -0.05) is 12.1 Å². The zero-order chi connectivity index (χ0) is 20.1. The van der Waals surface area contributed by atoms with Crippen molar-refractivity contribution < 1.29 is 14.3 Å². The minimum atomic E-state index is -0.0537. The third kappa shape index (κ3) is 5.16. The minimum Gasteiger partial charge on any atom is -0.484 e. The second-order valence-electron chi connectivity index (χ2n) is 7.74. The number of hydrogen-bond acceptors (Lipinski definition) is 6. The quantitative estimate of drug-likeness (QED) is 0.748. The molecule has 0 saturated carbocycles. The summed E-state index contributed by atoms with van der Waals surface area (Å²) in [6.07, 6.45) is 5.98. The number of anilines is 1. The third-order valence-corrected chi connectivity index (χ3v) is 5.44. The summed E-state index contributed by atoms with van der Waals surface area (Å²) in [6, 6.07) is 9.63. The number of amides is 1. The number of aryl methyl sites for hydroxylation is 1. The number of likely N-dealkylation sites (tertiary alicyclic amines) is 1. The number of aromatic nitrogens is 2. The van der Waals surface area contributed by atoms with Gasteiger partial charge in [0.1, 0.15) is 24.0 Å². The molecule has 7 nitrogen and oxygen atoms in total. The highest BCUT2D eigenvalue weighted by atomic mass is 16.5. The van der Waals surface area contributed by atoms with Crippen LogP contribution in [0.1, 0.15) is 31.2 Å². The molecule has 0 spiro atoms. The summed E-state index contributed by atoms with van der Waals surface area (Å²) in [5, 5.41) is 0. The summed E-state index contributed by atoms with van der Waals surface area (Å²) in [7, 11) is 0. The molecule has 1 unspecified atom stereocenters. The smallest absolute Gasteiger partial charge is 0.260 e. The van der Waals surface area contributed by atoms with Crippen LogP contribution < -0.4 is 14.4 Å².